The number of rotatable bonds is 6. The fraction of sp³-hybridized carbons (Fsp3) is 0.286. The second-order valence-corrected chi connectivity index (χ2v) is 6.67. The zero-order chi connectivity index (χ0) is 18.5. The predicted octanol–water partition coefficient (Wildman–Crippen LogP) is 2.30. The van der Waals surface area contributed by atoms with E-state index >= 15 is 0 Å². The summed E-state index contributed by atoms with van der Waals surface area (Å²) in [6.07, 6.45) is 6.46. The van der Waals surface area contributed by atoms with Gasteiger partial charge in [-0.05, 0) is 29.2 Å². The maximum absolute atomic E-state index is 12.2. The molecule has 6 nitrogen and oxygen atoms in total. The first-order valence-corrected chi connectivity index (χ1v) is 9.15. The van der Waals surface area contributed by atoms with Crippen molar-refractivity contribution < 1.29 is 9.53 Å². The van der Waals surface area contributed by atoms with E-state index in [9.17, 15) is 4.79 Å². The van der Waals surface area contributed by atoms with Crippen LogP contribution in [0.2, 0.25) is 0 Å². The van der Waals surface area contributed by atoms with Crippen molar-refractivity contribution in [3.8, 4) is 0 Å². The van der Waals surface area contributed by atoms with Crippen molar-refractivity contribution in [2.24, 2.45) is 0 Å². The number of benzene rings is 1. The lowest BCUT2D eigenvalue weighted by Crippen LogP contribution is -2.32. The van der Waals surface area contributed by atoms with Crippen LogP contribution < -0.4 is 5.32 Å². The standard InChI is InChI=1S/C21H22N4O2/c26-20(11-17-7-4-9-22-12-17)23-13-19-21-18(8-10-27-19)15-25(24-21)14-16-5-2-1-3-6-16/h1-7,9,12,15,19H,8,10-11,13-14H2,(H,23,26)/t19-/m0/s1. The summed E-state index contributed by atoms with van der Waals surface area (Å²) in [5.74, 6) is -0.0394. The molecule has 0 spiro atoms. The van der Waals surface area contributed by atoms with Crippen LogP contribution in [-0.2, 0) is 28.9 Å². The highest BCUT2D eigenvalue weighted by molar-refractivity contribution is 5.78. The smallest absolute Gasteiger partial charge is 0.224 e. The molecule has 0 saturated heterocycles. The van der Waals surface area contributed by atoms with Gasteiger partial charge in [0, 0.05) is 25.1 Å². The summed E-state index contributed by atoms with van der Waals surface area (Å²) >= 11 is 0. The molecule has 0 saturated carbocycles. The summed E-state index contributed by atoms with van der Waals surface area (Å²) in [6.45, 7) is 1.80. The van der Waals surface area contributed by atoms with E-state index in [1.165, 1.54) is 11.1 Å². The van der Waals surface area contributed by atoms with Crippen molar-refractivity contribution in [1.82, 2.24) is 20.1 Å². The van der Waals surface area contributed by atoms with Crippen molar-refractivity contribution in [2.75, 3.05) is 13.2 Å². The third-order valence-electron chi connectivity index (χ3n) is 4.62. The van der Waals surface area contributed by atoms with Gasteiger partial charge in [0.05, 0.1) is 25.3 Å². The molecule has 0 bridgehead atoms. The van der Waals surface area contributed by atoms with E-state index in [-0.39, 0.29) is 12.0 Å². The zero-order valence-electron chi connectivity index (χ0n) is 15.0. The maximum atomic E-state index is 12.2. The minimum absolute atomic E-state index is 0.0394. The Hall–Kier alpha value is -2.99. The molecule has 3 heterocycles. The van der Waals surface area contributed by atoms with Crippen molar-refractivity contribution in [3.63, 3.8) is 0 Å². The van der Waals surface area contributed by atoms with E-state index in [4.69, 9.17) is 9.84 Å². The number of carbonyl (C=O) groups excluding carboxylic acids is 1. The number of hydrogen-bond donors (Lipinski definition) is 1. The third-order valence-corrected chi connectivity index (χ3v) is 4.62. The lowest BCUT2D eigenvalue weighted by Gasteiger charge is -2.22. The predicted molar refractivity (Wildman–Crippen MR) is 101 cm³/mol. The summed E-state index contributed by atoms with van der Waals surface area (Å²) in [6, 6.07) is 14.0. The molecular weight excluding hydrogens is 340 g/mol. The molecule has 3 aromatic rings. The topological polar surface area (TPSA) is 69.0 Å². The number of nitrogens with one attached hydrogen (secondary N) is 1. The Balaban J connectivity index is 1.38. The van der Waals surface area contributed by atoms with E-state index in [2.05, 4.69) is 28.6 Å². The first kappa shape index (κ1) is 17.4. The molecule has 1 aliphatic rings. The van der Waals surface area contributed by atoms with E-state index in [0.717, 1.165) is 24.2 Å². The molecule has 0 radical (unpaired) electrons. The molecule has 0 aliphatic carbocycles. The van der Waals surface area contributed by atoms with E-state index in [1.54, 1.807) is 12.4 Å². The number of amides is 1. The third kappa shape index (κ3) is 4.41. The normalized spacial score (nSPS) is 15.9. The van der Waals surface area contributed by atoms with Gasteiger partial charge in [-0.25, -0.2) is 0 Å². The molecular formula is C21H22N4O2. The average Bonchev–Trinajstić information content (AvgIpc) is 3.11. The molecule has 138 valence electrons. The fourth-order valence-electron chi connectivity index (χ4n) is 3.30. The van der Waals surface area contributed by atoms with Crippen LogP contribution in [-0.4, -0.2) is 33.8 Å². The quantitative estimate of drug-likeness (QED) is 0.731. The average molecular weight is 362 g/mol. The Morgan fingerprint density at radius 2 is 2.04 bits per heavy atom. The minimum atomic E-state index is -0.205. The lowest BCUT2D eigenvalue weighted by molar-refractivity contribution is -0.121. The summed E-state index contributed by atoms with van der Waals surface area (Å²) in [5, 5.41) is 7.68. The summed E-state index contributed by atoms with van der Waals surface area (Å²) in [7, 11) is 0. The molecule has 27 heavy (non-hydrogen) atoms. The molecule has 0 fully saturated rings. The zero-order valence-corrected chi connectivity index (χ0v) is 15.0. The molecule has 1 aliphatic heterocycles. The summed E-state index contributed by atoms with van der Waals surface area (Å²) in [5.41, 5.74) is 4.23. The van der Waals surface area contributed by atoms with Crippen molar-refractivity contribution >= 4 is 5.91 Å². The maximum Gasteiger partial charge on any atom is 0.224 e. The van der Waals surface area contributed by atoms with E-state index in [0.29, 0.717) is 19.6 Å². The van der Waals surface area contributed by atoms with Gasteiger partial charge in [-0.1, -0.05) is 36.4 Å². The second kappa shape index (κ2) is 8.14. The van der Waals surface area contributed by atoms with Gasteiger partial charge in [0.2, 0.25) is 5.91 Å². The highest BCUT2D eigenvalue weighted by atomic mass is 16.5. The lowest BCUT2D eigenvalue weighted by atomic mass is 10.1. The van der Waals surface area contributed by atoms with Crippen LogP contribution >= 0.6 is 0 Å². The van der Waals surface area contributed by atoms with Gasteiger partial charge in [0.25, 0.3) is 0 Å². The van der Waals surface area contributed by atoms with Crippen LogP contribution in [0.4, 0.5) is 0 Å². The summed E-state index contributed by atoms with van der Waals surface area (Å²) < 4.78 is 7.82. The van der Waals surface area contributed by atoms with Crippen LogP contribution in [0.1, 0.15) is 28.5 Å². The van der Waals surface area contributed by atoms with Crippen LogP contribution in [0, 0.1) is 0 Å². The minimum Gasteiger partial charge on any atom is -0.370 e. The molecule has 0 unspecified atom stereocenters. The molecule has 1 aromatic carbocycles. The highest BCUT2D eigenvalue weighted by Crippen LogP contribution is 2.25. The Kier molecular flexibility index (Phi) is 5.25. The number of nitrogens with zero attached hydrogens (tertiary/aromatic N) is 3. The van der Waals surface area contributed by atoms with Gasteiger partial charge in [-0.3, -0.25) is 14.5 Å². The first-order chi connectivity index (χ1) is 13.3. The van der Waals surface area contributed by atoms with Crippen molar-refractivity contribution in [3.05, 3.63) is 83.4 Å². The number of fused-ring (bicyclic) bond motifs is 1. The monoisotopic (exact) mass is 362 g/mol. The largest absolute Gasteiger partial charge is 0.370 e. The number of hydrogen-bond acceptors (Lipinski definition) is 4. The van der Waals surface area contributed by atoms with Gasteiger partial charge in [-0.15, -0.1) is 0 Å². The Morgan fingerprint density at radius 3 is 2.85 bits per heavy atom. The van der Waals surface area contributed by atoms with Gasteiger partial charge >= 0.3 is 0 Å². The number of carbonyl (C=O) groups is 1. The van der Waals surface area contributed by atoms with Crippen LogP contribution in [0.25, 0.3) is 0 Å². The molecule has 6 heteroatoms. The first-order valence-electron chi connectivity index (χ1n) is 9.15. The number of pyridine rings is 1. The number of aromatic nitrogens is 3. The van der Waals surface area contributed by atoms with Gasteiger partial charge in [0.1, 0.15) is 6.10 Å². The molecule has 4 rings (SSSR count). The Morgan fingerprint density at radius 1 is 1.19 bits per heavy atom. The van der Waals surface area contributed by atoms with Crippen LogP contribution in [0.3, 0.4) is 0 Å². The van der Waals surface area contributed by atoms with Crippen LogP contribution in [0.15, 0.2) is 61.1 Å². The SMILES string of the molecule is O=C(Cc1cccnc1)NC[C@@H]1OCCc2cn(Cc3ccccc3)nc21. The fourth-order valence-corrected chi connectivity index (χ4v) is 3.30. The highest BCUT2D eigenvalue weighted by Gasteiger charge is 2.25. The van der Waals surface area contributed by atoms with Crippen LogP contribution in [0.5, 0.6) is 0 Å². The Bertz CT molecular complexity index is 893. The molecule has 1 amide bonds. The molecule has 1 N–H and O–H groups in total. The van der Waals surface area contributed by atoms with Crippen molar-refractivity contribution in [2.45, 2.75) is 25.5 Å². The summed E-state index contributed by atoms with van der Waals surface area (Å²) in [4.78, 5) is 16.2. The number of ether oxygens (including phenoxy) is 1. The van der Waals surface area contributed by atoms with E-state index < -0.39 is 0 Å². The van der Waals surface area contributed by atoms with Gasteiger partial charge < -0.3 is 10.1 Å². The van der Waals surface area contributed by atoms with Gasteiger partial charge in [0.15, 0.2) is 0 Å². The van der Waals surface area contributed by atoms with E-state index in [1.807, 2.05) is 35.0 Å². The van der Waals surface area contributed by atoms with Gasteiger partial charge in [-0.2, -0.15) is 5.10 Å². The Labute approximate surface area is 158 Å². The van der Waals surface area contributed by atoms with Crippen molar-refractivity contribution in [1.29, 1.82) is 0 Å². The molecule has 2 aromatic heterocycles. The molecule has 1 atom stereocenters. The second-order valence-electron chi connectivity index (χ2n) is 6.67.